The monoisotopic (exact) mass is 286 g/mol. The Kier molecular flexibility index (Phi) is 4.84. The van der Waals surface area contributed by atoms with Crippen LogP contribution in [0.3, 0.4) is 0 Å². The van der Waals surface area contributed by atoms with Gasteiger partial charge in [-0.25, -0.2) is 0 Å². The molecule has 2 aromatic heterocycles. The first kappa shape index (κ1) is 14.9. The molecule has 6 nitrogen and oxygen atoms in total. The van der Waals surface area contributed by atoms with Gasteiger partial charge in [0.05, 0.1) is 0 Å². The van der Waals surface area contributed by atoms with Crippen LogP contribution in [0, 0.1) is 0 Å². The second-order valence-electron chi connectivity index (χ2n) is 4.91. The molecule has 2 aromatic rings. The summed E-state index contributed by atoms with van der Waals surface area (Å²) in [6.45, 7) is 1.22. The third-order valence-corrected chi connectivity index (χ3v) is 2.99. The van der Waals surface area contributed by atoms with Crippen molar-refractivity contribution >= 4 is 5.91 Å². The van der Waals surface area contributed by atoms with Gasteiger partial charge in [-0.1, -0.05) is 0 Å². The van der Waals surface area contributed by atoms with Crippen LogP contribution >= 0.6 is 0 Å². The third-order valence-electron chi connectivity index (χ3n) is 2.99. The summed E-state index contributed by atoms with van der Waals surface area (Å²) in [7, 11) is 3.84. The third kappa shape index (κ3) is 4.00. The fraction of sp³-hybridized carbons (Fsp3) is 0.267. The number of likely N-dealkylation sites (N-methyl/N-ethyl adjacent to an activating group) is 1. The molecule has 21 heavy (non-hydrogen) atoms. The maximum absolute atomic E-state index is 12.0. The van der Waals surface area contributed by atoms with Crippen LogP contribution in [0.5, 0.6) is 0 Å². The molecule has 0 aliphatic carbocycles. The van der Waals surface area contributed by atoms with Crippen LogP contribution in [-0.2, 0) is 0 Å². The first-order valence-electron chi connectivity index (χ1n) is 6.64. The Balaban J connectivity index is 2.13. The molecule has 0 aliphatic rings. The van der Waals surface area contributed by atoms with Crippen LogP contribution in [0.2, 0.25) is 0 Å². The van der Waals surface area contributed by atoms with Crippen molar-refractivity contribution in [3.63, 3.8) is 0 Å². The van der Waals surface area contributed by atoms with E-state index in [1.54, 1.807) is 36.7 Å². The van der Waals surface area contributed by atoms with Gasteiger partial charge in [-0.15, -0.1) is 0 Å². The molecular formula is C15H18N4O2. The summed E-state index contributed by atoms with van der Waals surface area (Å²) >= 11 is 0. The summed E-state index contributed by atoms with van der Waals surface area (Å²) in [4.78, 5) is 32.5. The second kappa shape index (κ2) is 6.81. The largest absolute Gasteiger partial charge is 0.351 e. The van der Waals surface area contributed by atoms with Gasteiger partial charge < -0.3 is 15.2 Å². The van der Waals surface area contributed by atoms with E-state index in [2.05, 4.69) is 15.3 Å². The minimum atomic E-state index is -0.397. The standard InChI is InChI=1S/C15H18N4O2/c1-19(2)10-9-17-14(20)12-3-4-13(18-15(12)21)11-5-7-16-8-6-11/h3-8H,9-10H2,1-2H3,(H,17,20)(H,18,21). The molecule has 0 aromatic carbocycles. The average molecular weight is 286 g/mol. The summed E-state index contributed by atoms with van der Waals surface area (Å²) in [6, 6.07) is 6.85. The minimum Gasteiger partial charge on any atom is -0.351 e. The molecule has 0 aliphatic heterocycles. The van der Waals surface area contributed by atoms with Crippen LogP contribution in [0.4, 0.5) is 0 Å². The van der Waals surface area contributed by atoms with E-state index in [1.807, 2.05) is 19.0 Å². The molecule has 0 atom stereocenters. The van der Waals surface area contributed by atoms with Crippen LogP contribution in [0.1, 0.15) is 10.4 Å². The normalized spacial score (nSPS) is 10.6. The van der Waals surface area contributed by atoms with Gasteiger partial charge in [-0.3, -0.25) is 14.6 Å². The van der Waals surface area contributed by atoms with Gasteiger partial charge >= 0.3 is 0 Å². The number of hydrogen-bond acceptors (Lipinski definition) is 4. The van der Waals surface area contributed by atoms with E-state index in [4.69, 9.17) is 0 Å². The number of rotatable bonds is 5. The number of nitrogens with one attached hydrogen (secondary N) is 2. The van der Waals surface area contributed by atoms with Crippen molar-refractivity contribution in [2.75, 3.05) is 27.2 Å². The summed E-state index contributed by atoms with van der Waals surface area (Å²) in [5, 5.41) is 2.72. The highest BCUT2D eigenvalue weighted by Crippen LogP contribution is 2.13. The van der Waals surface area contributed by atoms with Crippen LogP contribution in [0.25, 0.3) is 11.3 Å². The zero-order valence-corrected chi connectivity index (χ0v) is 12.1. The van der Waals surface area contributed by atoms with E-state index in [9.17, 15) is 9.59 Å². The van der Waals surface area contributed by atoms with E-state index < -0.39 is 5.56 Å². The summed E-state index contributed by atoms with van der Waals surface area (Å²) in [5.74, 6) is -0.362. The Morgan fingerprint density at radius 3 is 2.57 bits per heavy atom. The van der Waals surface area contributed by atoms with Crippen molar-refractivity contribution in [3.8, 4) is 11.3 Å². The highest BCUT2D eigenvalue weighted by atomic mass is 16.2. The number of amides is 1. The van der Waals surface area contributed by atoms with E-state index in [0.717, 1.165) is 12.1 Å². The highest BCUT2D eigenvalue weighted by Gasteiger charge is 2.10. The zero-order chi connectivity index (χ0) is 15.2. The molecule has 0 unspecified atom stereocenters. The second-order valence-corrected chi connectivity index (χ2v) is 4.91. The molecule has 0 fully saturated rings. The van der Waals surface area contributed by atoms with Gasteiger partial charge in [0.1, 0.15) is 5.56 Å². The molecule has 0 saturated heterocycles. The van der Waals surface area contributed by atoms with Crippen molar-refractivity contribution in [1.82, 2.24) is 20.2 Å². The lowest BCUT2D eigenvalue weighted by atomic mass is 10.1. The van der Waals surface area contributed by atoms with Crippen molar-refractivity contribution in [2.24, 2.45) is 0 Å². The lowest BCUT2D eigenvalue weighted by Gasteiger charge is -2.10. The van der Waals surface area contributed by atoms with E-state index in [-0.39, 0.29) is 11.5 Å². The van der Waals surface area contributed by atoms with Gasteiger partial charge in [0, 0.05) is 36.7 Å². The van der Waals surface area contributed by atoms with E-state index in [0.29, 0.717) is 12.2 Å². The predicted octanol–water partition coefficient (Wildman–Crippen LogP) is 0.728. The summed E-state index contributed by atoms with van der Waals surface area (Å²) in [5.41, 5.74) is 1.23. The van der Waals surface area contributed by atoms with Crippen molar-refractivity contribution in [1.29, 1.82) is 0 Å². The fourth-order valence-electron chi connectivity index (χ4n) is 1.84. The molecule has 1 amide bonds. The Morgan fingerprint density at radius 2 is 1.95 bits per heavy atom. The molecule has 110 valence electrons. The molecule has 2 heterocycles. The maximum atomic E-state index is 12.0. The Bertz CT molecular complexity index is 665. The molecule has 0 saturated carbocycles. The molecule has 0 bridgehead atoms. The number of hydrogen-bond donors (Lipinski definition) is 2. The number of nitrogens with zero attached hydrogens (tertiary/aromatic N) is 2. The lowest BCUT2D eigenvalue weighted by molar-refractivity contribution is 0.0949. The SMILES string of the molecule is CN(C)CCNC(=O)c1ccc(-c2ccncc2)[nH]c1=O. The van der Waals surface area contributed by atoms with Gasteiger partial charge in [-0.2, -0.15) is 0 Å². The first-order valence-corrected chi connectivity index (χ1v) is 6.64. The quantitative estimate of drug-likeness (QED) is 0.849. The van der Waals surface area contributed by atoms with Crippen LogP contribution < -0.4 is 10.9 Å². The van der Waals surface area contributed by atoms with Gasteiger partial charge in [0.15, 0.2) is 0 Å². The van der Waals surface area contributed by atoms with E-state index in [1.165, 1.54) is 0 Å². The number of pyridine rings is 2. The van der Waals surface area contributed by atoms with Gasteiger partial charge in [0.25, 0.3) is 11.5 Å². The molecule has 0 radical (unpaired) electrons. The van der Waals surface area contributed by atoms with Crippen LogP contribution in [-0.4, -0.2) is 48.0 Å². The van der Waals surface area contributed by atoms with Crippen molar-refractivity contribution in [3.05, 3.63) is 52.6 Å². The van der Waals surface area contributed by atoms with Crippen molar-refractivity contribution < 1.29 is 4.79 Å². The predicted molar refractivity (Wildman–Crippen MR) is 81.2 cm³/mol. The molecule has 2 rings (SSSR count). The Morgan fingerprint density at radius 1 is 1.24 bits per heavy atom. The van der Waals surface area contributed by atoms with Crippen LogP contribution in [0.15, 0.2) is 41.5 Å². The number of carbonyl (C=O) groups is 1. The zero-order valence-electron chi connectivity index (χ0n) is 12.1. The number of carbonyl (C=O) groups excluding carboxylic acids is 1. The van der Waals surface area contributed by atoms with Crippen molar-refractivity contribution in [2.45, 2.75) is 0 Å². The molecular weight excluding hydrogens is 268 g/mol. The summed E-state index contributed by atoms with van der Waals surface area (Å²) < 4.78 is 0. The minimum absolute atomic E-state index is 0.117. The van der Waals surface area contributed by atoms with E-state index >= 15 is 0 Å². The van der Waals surface area contributed by atoms with Gasteiger partial charge in [0.2, 0.25) is 0 Å². The average Bonchev–Trinajstić information content (AvgIpc) is 2.47. The fourth-order valence-corrected chi connectivity index (χ4v) is 1.84. The molecule has 0 spiro atoms. The smallest absolute Gasteiger partial charge is 0.261 e. The number of aromatic amines is 1. The lowest BCUT2D eigenvalue weighted by Crippen LogP contribution is -2.34. The van der Waals surface area contributed by atoms with Gasteiger partial charge in [-0.05, 0) is 38.4 Å². The summed E-state index contributed by atoms with van der Waals surface area (Å²) in [6.07, 6.45) is 3.30. The Labute approximate surface area is 122 Å². The Hall–Kier alpha value is -2.47. The number of aromatic nitrogens is 2. The molecule has 2 N–H and O–H groups in total. The highest BCUT2D eigenvalue weighted by molar-refractivity contribution is 5.94. The first-order chi connectivity index (χ1) is 10.1. The number of H-pyrrole nitrogens is 1. The molecule has 6 heteroatoms. The maximum Gasteiger partial charge on any atom is 0.261 e. The topological polar surface area (TPSA) is 78.1 Å².